The van der Waals surface area contributed by atoms with Gasteiger partial charge >= 0.3 is 0 Å². The molecule has 0 radical (unpaired) electrons. The van der Waals surface area contributed by atoms with Gasteiger partial charge < -0.3 is 10.0 Å². The second-order valence-corrected chi connectivity index (χ2v) is 9.10. The van der Waals surface area contributed by atoms with Gasteiger partial charge in [0.25, 0.3) is 5.56 Å². The molecule has 0 spiro atoms. The number of hydrogen-bond acceptors (Lipinski definition) is 4. The number of aromatic hydroxyl groups is 1. The van der Waals surface area contributed by atoms with Crippen molar-refractivity contribution in [2.45, 2.75) is 96.9 Å². The molecule has 2 aromatic rings. The number of phenolic OH excluding ortho intramolecular Hbond substituents is 1. The minimum Gasteiger partial charge on any atom is -0.507 e. The molecule has 0 aliphatic carbocycles. The smallest absolute Gasteiger partial charge is 0.265 e. The lowest BCUT2D eigenvalue weighted by molar-refractivity contribution is 0.381. The van der Waals surface area contributed by atoms with Crippen molar-refractivity contribution in [3.63, 3.8) is 0 Å². The van der Waals surface area contributed by atoms with Crippen molar-refractivity contribution in [2.75, 3.05) is 20.6 Å². The number of aromatic nitrogens is 2. The van der Waals surface area contributed by atoms with Gasteiger partial charge in [-0.05, 0) is 45.6 Å². The molecule has 2 rings (SSSR count). The van der Waals surface area contributed by atoms with E-state index in [-0.39, 0.29) is 11.3 Å². The van der Waals surface area contributed by atoms with E-state index in [2.05, 4.69) is 11.8 Å². The highest BCUT2D eigenvalue weighted by molar-refractivity contribution is 5.83. The Morgan fingerprint density at radius 3 is 2.13 bits per heavy atom. The molecule has 0 amide bonds. The fourth-order valence-electron chi connectivity index (χ4n) is 4.21. The third kappa shape index (κ3) is 8.64. The van der Waals surface area contributed by atoms with E-state index < -0.39 is 0 Å². The third-order valence-corrected chi connectivity index (χ3v) is 6.03. The van der Waals surface area contributed by atoms with E-state index in [1.807, 2.05) is 20.2 Å². The fourth-order valence-corrected chi connectivity index (χ4v) is 4.21. The van der Waals surface area contributed by atoms with Gasteiger partial charge in [-0.25, -0.2) is 4.98 Å². The Labute approximate surface area is 188 Å². The Bertz CT molecular complexity index is 829. The highest BCUT2D eigenvalue weighted by Crippen LogP contribution is 2.20. The number of phenols is 1. The van der Waals surface area contributed by atoms with E-state index >= 15 is 0 Å². The summed E-state index contributed by atoms with van der Waals surface area (Å²) < 4.78 is 1.79. The molecule has 174 valence electrons. The van der Waals surface area contributed by atoms with Crippen LogP contribution in [0.1, 0.15) is 89.8 Å². The summed E-state index contributed by atoms with van der Waals surface area (Å²) in [6, 6.07) is 5.15. The van der Waals surface area contributed by atoms with E-state index in [0.717, 1.165) is 31.6 Å². The zero-order valence-electron chi connectivity index (χ0n) is 20.0. The lowest BCUT2D eigenvalue weighted by atomic mass is 10.1. The summed E-state index contributed by atoms with van der Waals surface area (Å²) in [5, 5.41) is 10.5. The standard InChI is InChI=1S/C26H43N3O2/c1-4-5-6-7-8-9-10-11-12-13-14-19-24-27-22-17-15-18-23(30)25(22)26(31)29(24)21-16-20-28(2)3/h15,17-18,30H,4-14,16,19-21H2,1-3H3. The average Bonchev–Trinajstić information content (AvgIpc) is 2.73. The van der Waals surface area contributed by atoms with Gasteiger partial charge in [0.15, 0.2) is 0 Å². The molecule has 0 aliphatic rings. The Balaban J connectivity index is 1.87. The van der Waals surface area contributed by atoms with Crippen LogP contribution in [0.3, 0.4) is 0 Å². The van der Waals surface area contributed by atoms with Crippen LogP contribution in [0.25, 0.3) is 10.9 Å². The number of fused-ring (bicyclic) bond motifs is 1. The number of nitrogens with zero attached hydrogens (tertiary/aromatic N) is 3. The first-order valence-electron chi connectivity index (χ1n) is 12.4. The van der Waals surface area contributed by atoms with Crippen LogP contribution >= 0.6 is 0 Å². The van der Waals surface area contributed by atoms with Gasteiger partial charge in [-0.1, -0.05) is 77.2 Å². The van der Waals surface area contributed by atoms with Crippen LogP contribution < -0.4 is 5.56 Å². The maximum Gasteiger partial charge on any atom is 0.265 e. The molecule has 0 aliphatic heterocycles. The molecule has 1 aromatic heterocycles. The first-order chi connectivity index (χ1) is 15.0. The van der Waals surface area contributed by atoms with Crippen molar-refractivity contribution in [1.82, 2.24) is 14.5 Å². The second kappa shape index (κ2) is 14.2. The predicted octanol–water partition coefficient (Wildman–Crippen LogP) is 5.91. The van der Waals surface area contributed by atoms with Crippen LogP contribution in [-0.2, 0) is 13.0 Å². The molecule has 0 saturated carbocycles. The van der Waals surface area contributed by atoms with Crippen molar-refractivity contribution in [1.29, 1.82) is 0 Å². The maximum atomic E-state index is 13.1. The first-order valence-corrected chi connectivity index (χ1v) is 12.4. The number of benzene rings is 1. The topological polar surface area (TPSA) is 58.4 Å². The van der Waals surface area contributed by atoms with Crippen LogP contribution in [0.5, 0.6) is 5.75 Å². The molecule has 5 heteroatoms. The Hall–Kier alpha value is -1.88. The quantitative estimate of drug-likeness (QED) is 0.337. The van der Waals surface area contributed by atoms with E-state index in [4.69, 9.17) is 4.98 Å². The molecule has 31 heavy (non-hydrogen) atoms. The number of rotatable bonds is 16. The van der Waals surface area contributed by atoms with E-state index in [1.165, 1.54) is 64.2 Å². The molecule has 1 N–H and O–H groups in total. The maximum absolute atomic E-state index is 13.1. The summed E-state index contributed by atoms with van der Waals surface area (Å²) in [7, 11) is 4.08. The van der Waals surface area contributed by atoms with E-state index in [1.54, 1.807) is 16.7 Å². The minimum absolute atomic E-state index is 0.0256. The average molecular weight is 430 g/mol. The van der Waals surface area contributed by atoms with Crippen LogP contribution in [0.15, 0.2) is 23.0 Å². The fraction of sp³-hybridized carbons (Fsp3) is 0.692. The Morgan fingerprint density at radius 1 is 0.903 bits per heavy atom. The predicted molar refractivity (Wildman–Crippen MR) is 131 cm³/mol. The monoisotopic (exact) mass is 429 g/mol. The Morgan fingerprint density at radius 2 is 1.52 bits per heavy atom. The Kier molecular flexibility index (Phi) is 11.7. The molecule has 0 saturated heterocycles. The second-order valence-electron chi connectivity index (χ2n) is 9.10. The number of hydrogen-bond donors (Lipinski definition) is 1. The summed E-state index contributed by atoms with van der Waals surface area (Å²) in [5.41, 5.74) is 0.492. The number of unbranched alkanes of at least 4 members (excludes halogenated alkanes) is 10. The van der Waals surface area contributed by atoms with Crippen LogP contribution in [0.2, 0.25) is 0 Å². The number of aryl methyl sites for hydroxylation is 1. The van der Waals surface area contributed by atoms with Crippen LogP contribution in [-0.4, -0.2) is 40.2 Å². The minimum atomic E-state index is -0.111. The first kappa shape index (κ1) is 25.4. The largest absolute Gasteiger partial charge is 0.507 e. The SMILES string of the molecule is CCCCCCCCCCCCCc1nc2cccc(O)c2c(=O)n1CCCN(C)C. The summed E-state index contributed by atoms with van der Waals surface area (Å²) >= 11 is 0. The van der Waals surface area contributed by atoms with Crippen molar-refractivity contribution in [2.24, 2.45) is 0 Å². The van der Waals surface area contributed by atoms with Gasteiger partial charge in [0, 0.05) is 13.0 Å². The molecule has 0 fully saturated rings. The molecule has 1 aromatic carbocycles. The lowest BCUT2D eigenvalue weighted by Gasteiger charge is -2.15. The van der Waals surface area contributed by atoms with Crippen molar-refractivity contribution < 1.29 is 5.11 Å². The third-order valence-electron chi connectivity index (χ3n) is 6.03. The van der Waals surface area contributed by atoms with E-state index in [9.17, 15) is 9.90 Å². The van der Waals surface area contributed by atoms with E-state index in [0.29, 0.717) is 17.4 Å². The summed E-state index contributed by atoms with van der Waals surface area (Å²) in [4.78, 5) is 20.0. The van der Waals surface area contributed by atoms with Crippen molar-refractivity contribution in [3.05, 3.63) is 34.4 Å². The zero-order chi connectivity index (χ0) is 22.5. The summed E-state index contributed by atoms with van der Waals surface area (Å²) in [6.07, 6.45) is 16.1. The molecule has 1 heterocycles. The summed E-state index contributed by atoms with van der Waals surface area (Å²) in [6.45, 7) is 3.82. The van der Waals surface area contributed by atoms with Gasteiger partial charge in [-0.3, -0.25) is 9.36 Å². The molecule has 0 unspecified atom stereocenters. The lowest BCUT2D eigenvalue weighted by Crippen LogP contribution is -2.27. The van der Waals surface area contributed by atoms with Gasteiger partial charge in [-0.2, -0.15) is 0 Å². The van der Waals surface area contributed by atoms with Crippen LogP contribution in [0, 0.1) is 0 Å². The molecule has 5 nitrogen and oxygen atoms in total. The molecular weight excluding hydrogens is 386 g/mol. The highest BCUT2D eigenvalue weighted by atomic mass is 16.3. The van der Waals surface area contributed by atoms with Crippen molar-refractivity contribution >= 4 is 10.9 Å². The van der Waals surface area contributed by atoms with Gasteiger partial charge in [0.05, 0.1) is 5.52 Å². The van der Waals surface area contributed by atoms with Gasteiger partial charge in [0.1, 0.15) is 17.0 Å². The molecular formula is C26H43N3O2. The molecule has 0 bridgehead atoms. The zero-order valence-corrected chi connectivity index (χ0v) is 20.0. The normalized spacial score (nSPS) is 11.6. The van der Waals surface area contributed by atoms with Crippen molar-refractivity contribution in [3.8, 4) is 5.75 Å². The highest BCUT2D eigenvalue weighted by Gasteiger charge is 2.13. The molecule has 0 atom stereocenters. The van der Waals surface area contributed by atoms with Gasteiger partial charge in [-0.15, -0.1) is 0 Å². The van der Waals surface area contributed by atoms with Gasteiger partial charge in [0.2, 0.25) is 0 Å². The van der Waals surface area contributed by atoms with Crippen LogP contribution in [0.4, 0.5) is 0 Å². The summed E-state index contributed by atoms with van der Waals surface area (Å²) in [5.74, 6) is 0.885.